The molecule has 0 saturated heterocycles. The van der Waals surface area contributed by atoms with E-state index in [-0.39, 0.29) is 11.8 Å². The Hall–Kier alpha value is -1.84. The van der Waals surface area contributed by atoms with Crippen LogP contribution in [0, 0.1) is 0 Å². The monoisotopic (exact) mass is 260 g/mol. The first-order chi connectivity index (χ1) is 9.20. The standard InChI is InChI=1S/C15H20N2O2/c1-2-3-9-16-15(19)12-7-8-13-11(10-12)5-4-6-14(18)17-13/h7-8,10H,2-6,9H2,1H3,(H,16,19)(H,17,18). The summed E-state index contributed by atoms with van der Waals surface area (Å²) in [6.45, 7) is 2.81. The third-order valence-corrected chi connectivity index (χ3v) is 3.31. The zero-order chi connectivity index (χ0) is 13.7. The molecule has 0 aromatic heterocycles. The van der Waals surface area contributed by atoms with E-state index in [2.05, 4.69) is 17.6 Å². The lowest BCUT2D eigenvalue weighted by Crippen LogP contribution is -2.24. The number of benzene rings is 1. The Balaban J connectivity index is 2.09. The highest BCUT2D eigenvalue weighted by atomic mass is 16.2. The quantitative estimate of drug-likeness (QED) is 0.817. The highest BCUT2D eigenvalue weighted by Gasteiger charge is 2.14. The Morgan fingerprint density at radius 2 is 2.21 bits per heavy atom. The first kappa shape index (κ1) is 13.6. The fourth-order valence-corrected chi connectivity index (χ4v) is 2.20. The van der Waals surface area contributed by atoms with Crippen LogP contribution < -0.4 is 10.6 Å². The summed E-state index contributed by atoms with van der Waals surface area (Å²) in [7, 11) is 0. The van der Waals surface area contributed by atoms with Crippen LogP contribution in [0.4, 0.5) is 5.69 Å². The van der Waals surface area contributed by atoms with Gasteiger partial charge < -0.3 is 10.6 Å². The molecule has 102 valence electrons. The molecule has 19 heavy (non-hydrogen) atoms. The molecule has 4 heteroatoms. The van der Waals surface area contributed by atoms with Crippen molar-refractivity contribution >= 4 is 17.5 Å². The summed E-state index contributed by atoms with van der Waals surface area (Å²) in [5, 5.41) is 5.77. The summed E-state index contributed by atoms with van der Waals surface area (Å²) >= 11 is 0. The van der Waals surface area contributed by atoms with Crippen LogP contribution in [0.15, 0.2) is 18.2 Å². The van der Waals surface area contributed by atoms with Gasteiger partial charge in [0.05, 0.1) is 0 Å². The third kappa shape index (κ3) is 3.56. The molecule has 1 heterocycles. The van der Waals surface area contributed by atoms with E-state index in [9.17, 15) is 9.59 Å². The zero-order valence-corrected chi connectivity index (χ0v) is 11.3. The Kier molecular flexibility index (Phi) is 4.55. The minimum atomic E-state index is -0.0353. The number of carbonyl (C=O) groups excluding carboxylic acids is 2. The summed E-state index contributed by atoms with van der Waals surface area (Å²) in [6.07, 6.45) is 4.28. The molecule has 0 saturated carbocycles. The molecule has 4 nitrogen and oxygen atoms in total. The minimum absolute atomic E-state index is 0.0353. The molecule has 0 aliphatic carbocycles. The normalized spacial score (nSPS) is 14.3. The molecule has 0 fully saturated rings. The molecule has 0 radical (unpaired) electrons. The number of aryl methyl sites for hydroxylation is 1. The Morgan fingerprint density at radius 3 is 3.00 bits per heavy atom. The van der Waals surface area contributed by atoms with Gasteiger partial charge in [0.15, 0.2) is 0 Å². The summed E-state index contributed by atoms with van der Waals surface area (Å²) in [5.74, 6) is 0.0192. The van der Waals surface area contributed by atoms with Crippen molar-refractivity contribution in [1.82, 2.24) is 5.32 Å². The van der Waals surface area contributed by atoms with E-state index >= 15 is 0 Å². The molecule has 2 N–H and O–H groups in total. The third-order valence-electron chi connectivity index (χ3n) is 3.31. The van der Waals surface area contributed by atoms with Crippen molar-refractivity contribution in [3.8, 4) is 0 Å². The van der Waals surface area contributed by atoms with Gasteiger partial charge in [0, 0.05) is 24.2 Å². The van der Waals surface area contributed by atoms with E-state index in [1.165, 1.54) is 0 Å². The number of hydrogen-bond acceptors (Lipinski definition) is 2. The SMILES string of the molecule is CCCCNC(=O)c1ccc2c(c1)CCCC(=O)N2. The number of carbonyl (C=O) groups is 2. The molecule has 1 aromatic rings. The smallest absolute Gasteiger partial charge is 0.251 e. The molecule has 2 amide bonds. The summed E-state index contributed by atoms with van der Waals surface area (Å²) in [4.78, 5) is 23.4. The van der Waals surface area contributed by atoms with Gasteiger partial charge >= 0.3 is 0 Å². The van der Waals surface area contributed by atoms with Gasteiger partial charge in [0.25, 0.3) is 5.91 Å². The molecule has 1 aromatic carbocycles. The highest BCUT2D eigenvalue weighted by Crippen LogP contribution is 2.23. The maximum Gasteiger partial charge on any atom is 0.251 e. The van der Waals surface area contributed by atoms with Crippen LogP contribution in [0.3, 0.4) is 0 Å². The van der Waals surface area contributed by atoms with Crippen molar-refractivity contribution in [3.05, 3.63) is 29.3 Å². The van der Waals surface area contributed by atoms with Gasteiger partial charge in [-0.05, 0) is 43.0 Å². The van der Waals surface area contributed by atoms with E-state index in [4.69, 9.17) is 0 Å². The maximum atomic E-state index is 12.0. The number of hydrogen-bond donors (Lipinski definition) is 2. The van der Waals surface area contributed by atoms with E-state index in [1.54, 1.807) is 6.07 Å². The molecular formula is C15H20N2O2. The highest BCUT2D eigenvalue weighted by molar-refractivity contribution is 5.97. The van der Waals surface area contributed by atoms with Gasteiger partial charge in [-0.2, -0.15) is 0 Å². The van der Waals surface area contributed by atoms with Gasteiger partial charge in [0.2, 0.25) is 5.91 Å². The van der Waals surface area contributed by atoms with Crippen LogP contribution in [-0.4, -0.2) is 18.4 Å². The zero-order valence-electron chi connectivity index (χ0n) is 11.3. The average molecular weight is 260 g/mol. The number of fused-ring (bicyclic) bond motifs is 1. The number of amides is 2. The number of rotatable bonds is 4. The summed E-state index contributed by atoms with van der Waals surface area (Å²) in [6, 6.07) is 5.49. The molecule has 0 unspecified atom stereocenters. The topological polar surface area (TPSA) is 58.2 Å². The van der Waals surface area contributed by atoms with Gasteiger partial charge in [0.1, 0.15) is 0 Å². The minimum Gasteiger partial charge on any atom is -0.352 e. The van der Waals surface area contributed by atoms with Gasteiger partial charge in [-0.15, -0.1) is 0 Å². The number of anilines is 1. The van der Waals surface area contributed by atoms with E-state index in [1.807, 2.05) is 12.1 Å². The molecule has 1 aliphatic heterocycles. The lowest BCUT2D eigenvalue weighted by molar-refractivity contribution is -0.116. The Morgan fingerprint density at radius 1 is 1.37 bits per heavy atom. The lowest BCUT2D eigenvalue weighted by atomic mass is 10.0. The van der Waals surface area contributed by atoms with Crippen LogP contribution in [0.25, 0.3) is 0 Å². The van der Waals surface area contributed by atoms with Crippen molar-refractivity contribution < 1.29 is 9.59 Å². The lowest BCUT2D eigenvalue weighted by Gasteiger charge is -2.09. The van der Waals surface area contributed by atoms with Crippen LogP contribution in [0.1, 0.15) is 48.5 Å². The average Bonchev–Trinajstić information content (AvgIpc) is 2.58. The van der Waals surface area contributed by atoms with Crippen LogP contribution in [0.2, 0.25) is 0 Å². The van der Waals surface area contributed by atoms with Crippen LogP contribution in [0.5, 0.6) is 0 Å². The summed E-state index contributed by atoms with van der Waals surface area (Å²) in [5.41, 5.74) is 2.56. The number of nitrogens with one attached hydrogen (secondary N) is 2. The van der Waals surface area contributed by atoms with Gasteiger partial charge in [-0.3, -0.25) is 9.59 Å². The summed E-state index contributed by atoms with van der Waals surface area (Å²) < 4.78 is 0. The van der Waals surface area contributed by atoms with E-state index in [0.29, 0.717) is 18.5 Å². The molecule has 1 aliphatic rings. The molecule has 0 bridgehead atoms. The van der Waals surface area contributed by atoms with Crippen molar-refractivity contribution in [3.63, 3.8) is 0 Å². The first-order valence-corrected chi connectivity index (χ1v) is 6.91. The van der Waals surface area contributed by atoms with Crippen molar-refractivity contribution in [2.24, 2.45) is 0 Å². The van der Waals surface area contributed by atoms with Crippen molar-refractivity contribution in [2.75, 3.05) is 11.9 Å². The molecule has 2 rings (SSSR count). The fourth-order valence-electron chi connectivity index (χ4n) is 2.20. The molecular weight excluding hydrogens is 240 g/mol. The predicted octanol–water partition coefficient (Wildman–Crippen LogP) is 2.49. The van der Waals surface area contributed by atoms with Crippen LogP contribution in [-0.2, 0) is 11.2 Å². The maximum absolute atomic E-state index is 12.0. The fraction of sp³-hybridized carbons (Fsp3) is 0.467. The van der Waals surface area contributed by atoms with E-state index in [0.717, 1.165) is 36.9 Å². The molecule has 0 atom stereocenters. The predicted molar refractivity (Wildman–Crippen MR) is 75.3 cm³/mol. The second-order valence-electron chi connectivity index (χ2n) is 4.88. The largest absolute Gasteiger partial charge is 0.352 e. The molecule has 0 spiro atoms. The first-order valence-electron chi connectivity index (χ1n) is 6.91. The van der Waals surface area contributed by atoms with Gasteiger partial charge in [-0.25, -0.2) is 0 Å². The Labute approximate surface area is 113 Å². The van der Waals surface area contributed by atoms with Crippen molar-refractivity contribution in [2.45, 2.75) is 39.0 Å². The van der Waals surface area contributed by atoms with E-state index < -0.39 is 0 Å². The second kappa shape index (κ2) is 6.36. The van der Waals surface area contributed by atoms with Gasteiger partial charge in [-0.1, -0.05) is 13.3 Å². The Bertz CT molecular complexity index is 483. The number of unbranched alkanes of at least 4 members (excludes halogenated alkanes) is 1. The van der Waals surface area contributed by atoms with Crippen LogP contribution >= 0.6 is 0 Å². The van der Waals surface area contributed by atoms with Crippen molar-refractivity contribution in [1.29, 1.82) is 0 Å². The second-order valence-corrected chi connectivity index (χ2v) is 4.88.